The largest absolute Gasteiger partial charge is 0.349 e. The molecule has 1 aromatic carbocycles. The number of nitrogens with one attached hydrogen (secondary N) is 3. The minimum absolute atomic E-state index is 0. The van der Waals surface area contributed by atoms with Crippen molar-refractivity contribution in [3.63, 3.8) is 0 Å². The summed E-state index contributed by atoms with van der Waals surface area (Å²) >= 11 is 0. The Labute approximate surface area is 140 Å². The van der Waals surface area contributed by atoms with Crippen LogP contribution in [0.5, 0.6) is 0 Å². The SMILES string of the molecule is CC1CC(NC(=O)c2cn[nH]c2-c2ccccc2F)CCN1.Cl. The summed E-state index contributed by atoms with van der Waals surface area (Å²) in [5.41, 5.74) is 1.14. The molecule has 7 heteroatoms. The molecule has 0 bridgehead atoms. The van der Waals surface area contributed by atoms with Gasteiger partial charge in [-0.1, -0.05) is 12.1 Å². The van der Waals surface area contributed by atoms with Crippen molar-refractivity contribution >= 4 is 18.3 Å². The van der Waals surface area contributed by atoms with Gasteiger partial charge < -0.3 is 10.6 Å². The molecule has 5 nitrogen and oxygen atoms in total. The lowest BCUT2D eigenvalue weighted by atomic mass is 10.00. The number of carbonyl (C=O) groups excluding carboxylic acids is 1. The third kappa shape index (κ3) is 3.89. The zero-order chi connectivity index (χ0) is 15.5. The van der Waals surface area contributed by atoms with Gasteiger partial charge in [0.25, 0.3) is 5.91 Å². The molecule has 2 atom stereocenters. The molecule has 1 aromatic heterocycles. The number of halogens is 2. The molecule has 0 saturated carbocycles. The van der Waals surface area contributed by atoms with Crippen molar-refractivity contribution in [2.24, 2.45) is 0 Å². The fourth-order valence-corrected chi connectivity index (χ4v) is 2.85. The molecule has 0 aliphatic carbocycles. The summed E-state index contributed by atoms with van der Waals surface area (Å²) in [6.07, 6.45) is 3.23. The number of benzene rings is 1. The van der Waals surface area contributed by atoms with E-state index in [1.807, 2.05) is 0 Å². The van der Waals surface area contributed by atoms with Gasteiger partial charge in [0, 0.05) is 17.6 Å². The molecule has 1 aliphatic rings. The number of rotatable bonds is 3. The van der Waals surface area contributed by atoms with E-state index in [9.17, 15) is 9.18 Å². The van der Waals surface area contributed by atoms with Gasteiger partial charge >= 0.3 is 0 Å². The highest BCUT2D eigenvalue weighted by atomic mass is 35.5. The van der Waals surface area contributed by atoms with Gasteiger partial charge in [-0.2, -0.15) is 5.10 Å². The fourth-order valence-electron chi connectivity index (χ4n) is 2.85. The standard InChI is InChI=1S/C16H19FN4O.ClH/c1-10-8-11(6-7-18-10)20-16(22)13-9-19-21-15(13)12-4-2-3-5-14(12)17;/h2-5,9-11,18H,6-8H2,1H3,(H,19,21)(H,20,22);1H. The summed E-state index contributed by atoms with van der Waals surface area (Å²) in [6.45, 7) is 2.98. The molecule has 1 fully saturated rings. The van der Waals surface area contributed by atoms with Gasteiger partial charge in [-0.05, 0) is 38.4 Å². The van der Waals surface area contributed by atoms with Crippen LogP contribution >= 0.6 is 12.4 Å². The third-order valence-electron chi connectivity index (χ3n) is 3.99. The average Bonchev–Trinajstić information content (AvgIpc) is 2.97. The highest BCUT2D eigenvalue weighted by Gasteiger charge is 2.23. The smallest absolute Gasteiger partial charge is 0.255 e. The number of carbonyl (C=O) groups is 1. The first-order valence-electron chi connectivity index (χ1n) is 7.47. The predicted octanol–water partition coefficient (Wildman–Crippen LogP) is 2.51. The lowest BCUT2D eigenvalue weighted by Crippen LogP contribution is -2.46. The van der Waals surface area contributed by atoms with E-state index in [1.54, 1.807) is 18.2 Å². The first-order valence-corrected chi connectivity index (χ1v) is 7.47. The van der Waals surface area contributed by atoms with Gasteiger partial charge in [-0.25, -0.2) is 4.39 Å². The minimum atomic E-state index is -0.378. The zero-order valence-corrected chi connectivity index (χ0v) is 13.6. The van der Waals surface area contributed by atoms with E-state index in [4.69, 9.17) is 0 Å². The van der Waals surface area contributed by atoms with Crippen LogP contribution in [0.4, 0.5) is 4.39 Å². The third-order valence-corrected chi connectivity index (χ3v) is 3.99. The van der Waals surface area contributed by atoms with Crippen LogP contribution < -0.4 is 10.6 Å². The normalized spacial score (nSPS) is 20.6. The van der Waals surface area contributed by atoms with E-state index >= 15 is 0 Å². The maximum absolute atomic E-state index is 13.9. The van der Waals surface area contributed by atoms with Crippen molar-refractivity contribution in [1.29, 1.82) is 0 Å². The van der Waals surface area contributed by atoms with Gasteiger partial charge in [0.15, 0.2) is 0 Å². The molecule has 1 saturated heterocycles. The Kier molecular flexibility index (Phi) is 5.74. The second-order valence-electron chi connectivity index (χ2n) is 5.69. The molecular formula is C16H20ClFN4O. The van der Waals surface area contributed by atoms with Crippen molar-refractivity contribution in [1.82, 2.24) is 20.8 Å². The van der Waals surface area contributed by atoms with E-state index in [1.165, 1.54) is 12.3 Å². The van der Waals surface area contributed by atoms with Gasteiger partial charge in [-0.15, -0.1) is 12.4 Å². The number of aromatic nitrogens is 2. The first-order chi connectivity index (χ1) is 10.6. The summed E-state index contributed by atoms with van der Waals surface area (Å²) in [6, 6.07) is 6.86. The van der Waals surface area contributed by atoms with Crippen molar-refractivity contribution in [2.45, 2.75) is 31.8 Å². The van der Waals surface area contributed by atoms with E-state index in [-0.39, 0.29) is 30.2 Å². The second-order valence-corrected chi connectivity index (χ2v) is 5.69. The van der Waals surface area contributed by atoms with Crippen molar-refractivity contribution < 1.29 is 9.18 Å². The quantitative estimate of drug-likeness (QED) is 0.805. The highest BCUT2D eigenvalue weighted by molar-refractivity contribution is 5.99. The topological polar surface area (TPSA) is 69.8 Å². The number of amides is 1. The number of hydrogen-bond acceptors (Lipinski definition) is 3. The van der Waals surface area contributed by atoms with Crippen molar-refractivity contribution in [2.75, 3.05) is 6.54 Å². The summed E-state index contributed by atoms with van der Waals surface area (Å²) < 4.78 is 13.9. The molecule has 124 valence electrons. The van der Waals surface area contributed by atoms with Gasteiger partial charge in [0.05, 0.1) is 17.5 Å². The van der Waals surface area contributed by atoms with Crippen LogP contribution in [-0.4, -0.2) is 34.7 Å². The zero-order valence-electron chi connectivity index (χ0n) is 12.8. The van der Waals surface area contributed by atoms with Crippen molar-refractivity contribution in [3.8, 4) is 11.3 Å². The predicted molar refractivity (Wildman–Crippen MR) is 89.2 cm³/mol. The molecule has 2 aromatic rings. The van der Waals surface area contributed by atoms with Gasteiger partial charge in [0.2, 0.25) is 0 Å². The van der Waals surface area contributed by atoms with Crippen LogP contribution in [0.15, 0.2) is 30.5 Å². The number of hydrogen-bond donors (Lipinski definition) is 3. The molecule has 2 unspecified atom stereocenters. The Bertz CT molecular complexity index is 676. The molecule has 3 rings (SSSR count). The Morgan fingerprint density at radius 1 is 1.39 bits per heavy atom. The van der Waals surface area contributed by atoms with Gasteiger partial charge in [0.1, 0.15) is 5.82 Å². The van der Waals surface area contributed by atoms with Crippen molar-refractivity contribution in [3.05, 3.63) is 41.8 Å². The molecular weight excluding hydrogens is 319 g/mol. The summed E-state index contributed by atoms with van der Waals surface area (Å²) in [7, 11) is 0. The Morgan fingerprint density at radius 2 is 2.17 bits per heavy atom. The Morgan fingerprint density at radius 3 is 2.91 bits per heavy atom. The lowest BCUT2D eigenvalue weighted by molar-refractivity contribution is 0.0926. The molecule has 1 aliphatic heterocycles. The van der Waals surface area contributed by atoms with E-state index in [0.29, 0.717) is 22.9 Å². The molecule has 0 spiro atoms. The summed E-state index contributed by atoms with van der Waals surface area (Å²) in [5, 5.41) is 13.0. The fraction of sp³-hybridized carbons (Fsp3) is 0.375. The maximum Gasteiger partial charge on any atom is 0.255 e. The van der Waals surface area contributed by atoms with E-state index in [0.717, 1.165) is 19.4 Å². The van der Waals surface area contributed by atoms with E-state index < -0.39 is 0 Å². The highest BCUT2D eigenvalue weighted by Crippen LogP contribution is 2.24. The summed E-state index contributed by atoms with van der Waals surface area (Å²) in [5.74, 6) is -0.595. The lowest BCUT2D eigenvalue weighted by Gasteiger charge is -2.28. The molecule has 1 amide bonds. The van der Waals surface area contributed by atoms with Crippen LogP contribution in [0.2, 0.25) is 0 Å². The molecule has 23 heavy (non-hydrogen) atoms. The Balaban J connectivity index is 0.00000192. The second kappa shape index (κ2) is 7.57. The van der Waals surface area contributed by atoms with E-state index in [2.05, 4.69) is 27.8 Å². The van der Waals surface area contributed by atoms with Crippen LogP contribution in [0.25, 0.3) is 11.3 Å². The number of piperidine rings is 1. The van der Waals surface area contributed by atoms with Gasteiger partial charge in [-0.3, -0.25) is 9.89 Å². The molecule has 2 heterocycles. The Hall–Kier alpha value is -1.92. The molecule has 3 N–H and O–H groups in total. The first kappa shape index (κ1) is 17.4. The van der Waals surface area contributed by atoms with Crippen LogP contribution in [-0.2, 0) is 0 Å². The van der Waals surface area contributed by atoms with Crippen LogP contribution in [0.3, 0.4) is 0 Å². The maximum atomic E-state index is 13.9. The monoisotopic (exact) mass is 338 g/mol. The number of aromatic amines is 1. The minimum Gasteiger partial charge on any atom is -0.349 e. The number of nitrogens with zero attached hydrogens (tertiary/aromatic N) is 1. The average molecular weight is 339 g/mol. The molecule has 0 radical (unpaired) electrons. The van der Waals surface area contributed by atoms with Crippen LogP contribution in [0, 0.1) is 5.82 Å². The number of H-pyrrole nitrogens is 1. The summed E-state index contributed by atoms with van der Waals surface area (Å²) in [4.78, 5) is 12.5. The van der Waals surface area contributed by atoms with Crippen LogP contribution in [0.1, 0.15) is 30.1 Å².